The number of ether oxygens (including phenoxy) is 2. The Kier molecular flexibility index (Phi) is 4.70. The van der Waals surface area contributed by atoms with Crippen LogP contribution in [-0.2, 0) is 0 Å². The van der Waals surface area contributed by atoms with Crippen molar-refractivity contribution in [2.24, 2.45) is 11.7 Å². The Hall–Kier alpha value is -1.22. The lowest BCUT2D eigenvalue weighted by molar-refractivity contribution is 0.184. The second-order valence-electron chi connectivity index (χ2n) is 5.84. The van der Waals surface area contributed by atoms with E-state index in [1.807, 2.05) is 24.3 Å². The predicted octanol–water partition coefficient (Wildman–Crippen LogP) is 3.37. The van der Waals surface area contributed by atoms with Crippen molar-refractivity contribution in [3.63, 3.8) is 0 Å². The molecule has 2 unspecified atom stereocenters. The van der Waals surface area contributed by atoms with E-state index in [2.05, 4.69) is 6.92 Å². The maximum absolute atomic E-state index is 6.46. The topological polar surface area (TPSA) is 44.5 Å². The van der Waals surface area contributed by atoms with Crippen LogP contribution in [0.1, 0.15) is 39.0 Å². The van der Waals surface area contributed by atoms with E-state index in [-0.39, 0.29) is 5.54 Å². The Bertz CT molecular complexity index is 390. The lowest BCUT2D eigenvalue weighted by Crippen LogP contribution is -2.45. The normalized spacial score (nSPS) is 27.0. The smallest absolute Gasteiger partial charge is 0.119 e. The van der Waals surface area contributed by atoms with Gasteiger partial charge in [-0.1, -0.05) is 19.8 Å². The van der Waals surface area contributed by atoms with E-state index in [4.69, 9.17) is 15.2 Å². The summed E-state index contributed by atoms with van der Waals surface area (Å²) in [5.74, 6) is 2.48. The van der Waals surface area contributed by atoms with E-state index in [1.54, 1.807) is 7.11 Å². The van der Waals surface area contributed by atoms with Crippen molar-refractivity contribution in [2.75, 3.05) is 13.7 Å². The van der Waals surface area contributed by atoms with Crippen LogP contribution < -0.4 is 15.2 Å². The number of methoxy groups -OCH3 is 1. The summed E-state index contributed by atoms with van der Waals surface area (Å²) in [6.07, 6.45) is 5.75. The molecule has 0 amide bonds. The molecule has 0 aliphatic heterocycles. The molecule has 19 heavy (non-hydrogen) atoms. The molecule has 2 N–H and O–H groups in total. The minimum absolute atomic E-state index is 0.0237. The first-order valence-electron chi connectivity index (χ1n) is 7.17. The minimum atomic E-state index is -0.0237. The second-order valence-corrected chi connectivity index (χ2v) is 5.84. The van der Waals surface area contributed by atoms with Crippen molar-refractivity contribution in [1.82, 2.24) is 0 Å². The first-order chi connectivity index (χ1) is 9.11. The highest BCUT2D eigenvalue weighted by Crippen LogP contribution is 2.32. The number of rotatable bonds is 5. The van der Waals surface area contributed by atoms with Gasteiger partial charge in [0.15, 0.2) is 0 Å². The average molecular weight is 263 g/mol. The van der Waals surface area contributed by atoms with Gasteiger partial charge in [0, 0.05) is 5.54 Å². The molecule has 0 saturated heterocycles. The van der Waals surface area contributed by atoms with Crippen LogP contribution in [0.5, 0.6) is 11.5 Å². The third kappa shape index (κ3) is 4.13. The lowest BCUT2D eigenvalue weighted by atomic mass is 9.75. The highest BCUT2D eigenvalue weighted by molar-refractivity contribution is 5.31. The molecule has 0 bridgehead atoms. The molecule has 0 heterocycles. The summed E-state index contributed by atoms with van der Waals surface area (Å²) < 4.78 is 10.9. The van der Waals surface area contributed by atoms with Crippen LogP contribution in [0, 0.1) is 5.92 Å². The monoisotopic (exact) mass is 263 g/mol. The van der Waals surface area contributed by atoms with Gasteiger partial charge in [-0.15, -0.1) is 0 Å². The Morgan fingerprint density at radius 2 is 1.95 bits per heavy atom. The molecule has 1 fully saturated rings. The van der Waals surface area contributed by atoms with Gasteiger partial charge in [0.1, 0.15) is 11.5 Å². The number of nitrogens with two attached hydrogens (primary N) is 1. The molecule has 1 saturated carbocycles. The first-order valence-corrected chi connectivity index (χ1v) is 7.17. The fraction of sp³-hybridized carbons (Fsp3) is 0.625. The maximum atomic E-state index is 6.46. The average Bonchev–Trinajstić information content (AvgIpc) is 2.39. The van der Waals surface area contributed by atoms with Gasteiger partial charge in [0.05, 0.1) is 13.7 Å². The molecule has 1 aliphatic rings. The molecule has 1 aromatic rings. The highest BCUT2D eigenvalue weighted by atomic mass is 16.5. The summed E-state index contributed by atoms with van der Waals surface area (Å²) in [5.41, 5.74) is 6.44. The fourth-order valence-corrected chi connectivity index (χ4v) is 2.97. The lowest BCUT2D eigenvalue weighted by Gasteiger charge is -2.36. The highest BCUT2D eigenvalue weighted by Gasteiger charge is 2.30. The van der Waals surface area contributed by atoms with Crippen LogP contribution in [0.25, 0.3) is 0 Å². The van der Waals surface area contributed by atoms with Crippen LogP contribution >= 0.6 is 0 Å². The van der Waals surface area contributed by atoms with Gasteiger partial charge < -0.3 is 15.2 Å². The quantitative estimate of drug-likeness (QED) is 0.885. The zero-order chi connectivity index (χ0) is 13.7. The Morgan fingerprint density at radius 3 is 2.58 bits per heavy atom. The maximum Gasteiger partial charge on any atom is 0.119 e. The van der Waals surface area contributed by atoms with Gasteiger partial charge in [-0.3, -0.25) is 0 Å². The fourth-order valence-electron chi connectivity index (χ4n) is 2.97. The third-order valence-electron chi connectivity index (χ3n) is 4.05. The van der Waals surface area contributed by atoms with Crippen molar-refractivity contribution in [2.45, 2.75) is 44.6 Å². The van der Waals surface area contributed by atoms with E-state index in [0.717, 1.165) is 36.7 Å². The predicted molar refractivity (Wildman–Crippen MR) is 77.7 cm³/mol. The first kappa shape index (κ1) is 14.2. The summed E-state index contributed by atoms with van der Waals surface area (Å²) >= 11 is 0. The zero-order valence-electron chi connectivity index (χ0n) is 12.0. The Balaban J connectivity index is 1.79. The summed E-state index contributed by atoms with van der Waals surface area (Å²) in [6, 6.07) is 7.70. The summed E-state index contributed by atoms with van der Waals surface area (Å²) in [4.78, 5) is 0. The van der Waals surface area contributed by atoms with Crippen LogP contribution in [0.3, 0.4) is 0 Å². The Labute approximate surface area is 116 Å². The molecular formula is C16H25NO2. The van der Waals surface area contributed by atoms with Crippen molar-refractivity contribution < 1.29 is 9.47 Å². The van der Waals surface area contributed by atoms with E-state index in [9.17, 15) is 0 Å². The molecule has 3 heteroatoms. The minimum Gasteiger partial charge on any atom is -0.497 e. The molecule has 0 aromatic heterocycles. The van der Waals surface area contributed by atoms with Gasteiger partial charge in [-0.2, -0.15) is 0 Å². The SMILES string of the molecule is COc1ccc(OCCC2(N)CCCC(C)C2)cc1. The number of hydrogen-bond donors (Lipinski definition) is 1. The number of benzene rings is 1. The largest absolute Gasteiger partial charge is 0.497 e. The molecule has 1 aromatic carbocycles. The van der Waals surface area contributed by atoms with E-state index in [1.165, 1.54) is 12.8 Å². The van der Waals surface area contributed by atoms with Crippen molar-refractivity contribution >= 4 is 0 Å². The van der Waals surface area contributed by atoms with Crippen LogP contribution in [-0.4, -0.2) is 19.3 Å². The Morgan fingerprint density at radius 1 is 1.26 bits per heavy atom. The molecule has 0 radical (unpaired) electrons. The summed E-state index contributed by atoms with van der Waals surface area (Å²) in [7, 11) is 1.66. The van der Waals surface area contributed by atoms with E-state index < -0.39 is 0 Å². The van der Waals surface area contributed by atoms with Gasteiger partial charge in [-0.25, -0.2) is 0 Å². The van der Waals surface area contributed by atoms with Gasteiger partial charge in [0.2, 0.25) is 0 Å². The van der Waals surface area contributed by atoms with Crippen LogP contribution in [0.2, 0.25) is 0 Å². The van der Waals surface area contributed by atoms with Crippen LogP contribution in [0.4, 0.5) is 0 Å². The second kappa shape index (κ2) is 6.29. The molecule has 2 rings (SSSR count). The third-order valence-corrected chi connectivity index (χ3v) is 4.05. The molecule has 3 nitrogen and oxygen atoms in total. The molecule has 106 valence electrons. The summed E-state index contributed by atoms with van der Waals surface area (Å²) in [6.45, 7) is 2.99. The van der Waals surface area contributed by atoms with Crippen molar-refractivity contribution in [3.05, 3.63) is 24.3 Å². The summed E-state index contributed by atoms with van der Waals surface area (Å²) in [5, 5.41) is 0. The van der Waals surface area contributed by atoms with Crippen molar-refractivity contribution in [3.8, 4) is 11.5 Å². The van der Waals surface area contributed by atoms with Crippen molar-refractivity contribution in [1.29, 1.82) is 0 Å². The molecule has 1 aliphatic carbocycles. The van der Waals surface area contributed by atoms with Gasteiger partial charge in [-0.05, 0) is 49.4 Å². The van der Waals surface area contributed by atoms with Crippen LogP contribution in [0.15, 0.2) is 24.3 Å². The van der Waals surface area contributed by atoms with E-state index >= 15 is 0 Å². The molecule has 2 atom stereocenters. The zero-order valence-corrected chi connectivity index (χ0v) is 12.0. The standard InChI is InChI=1S/C16H25NO2/c1-13-4-3-9-16(17,12-13)10-11-19-15-7-5-14(18-2)6-8-15/h5-8,13H,3-4,9-12,17H2,1-2H3. The van der Waals surface area contributed by atoms with E-state index in [0.29, 0.717) is 6.61 Å². The van der Waals surface area contributed by atoms with Gasteiger partial charge >= 0.3 is 0 Å². The number of hydrogen-bond acceptors (Lipinski definition) is 3. The molecular weight excluding hydrogens is 238 g/mol. The molecule has 0 spiro atoms. The van der Waals surface area contributed by atoms with Gasteiger partial charge in [0.25, 0.3) is 0 Å².